The molecule has 0 saturated carbocycles. The minimum Gasteiger partial charge on any atom is -0.491 e. The number of hydrogen-bond acceptors (Lipinski definition) is 5. The van der Waals surface area contributed by atoms with Crippen molar-refractivity contribution in [2.24, 2.45) is 5.92 Å². The molecule has 0 aliphatic carbocycles. The maximum absolute atomic E-state index is 13.4. The van der Waals surface area contributed by atoms with Gasteiger partial charge in [-0.25, -0.2) is 9.40 Å². The first kappa shape index (κ1) is 24.6. The number of benzene rings is 2. The fourth-order valence-corrected chi connectivity index (χ4v) is 3.74. The number of carbonyl (C=O) groups excluding carboxylic acids is 1. The average Bonchev–Trinajstić information content (AvgIpc) is 2.79. The van der Waals surface area contributed by atoms with Crippen LogP contribution in [0, 0.1) is 11.7 Å². The van der Waals surface area contributed by atoms with E-state index in [2.05, 4.69) is 5.43 Å². The second kappa shape index (κ2) is 12.3. The van der Waals surface area contributed by atoms with E-state index in [9.17, 15) is 14.3 Å². The van der Waals surface area contributed by atoms with Gasteiger partial charge in [0.25, 0.3) is 5.91 Å². The molecular formula is C23H27Cl2FN2O4. The van der Waals surface area contributed by atoms with Gasteiger partial charge in [-0.05, 0) is 68.0 Å². The number of hydrazine groups is 1. The summed E-state index contributed by atoms with van der Waals surface area (Å²) in [5, 5.41) is 12.7. The standard InChI is InChI=1S/C23H27Cl2FN2O4/c24-17-2-5-19(6-3-17)32-15-23(30)27-28-11-9-16(10-12-28)1-4-18(29)14-31-20-7-8-21(25)22(26)13-20/h2-3,5-8,13,16,18,29H,1,4,9-12,14-15H2,(H,27,30). The highest BCUT2D eigenvalue weighted by molar-refractivity contribution is 6.30. The Morgan fingerprint density at radius 1 is 1.12 bits per heavy atom. The highest BCUT2D eigenvalue weighted by Gasteiger charge is 2.21. The van der Waals surface area contributed by atoms with Crippen LogP contribution in [-0.4, -0.2) is 48.4 Å². The molecule has 1 heterocycles. The third kappa shape index (κ3) is 8.13. The summed E-state index contributed by atoms with van der Waals surface area (Å²) in [5.41, 5.74) is 2.87. The molecule has 1 atom stereocenters. The fourth-order valence-electron chi connectivity index (χ4n) is 3.49. The van der Waals surface area contributed by atoms with Gasteiger partial charge in [-0.2, -0.15) is 0 Å². The van der Waals surface area contributed by atoms with E-state index in [-0.39, 0.29) is 24.1 Å². The van der Waals surface area contributed by atoms with Crippen LogP contribution in [0.15, 0.2) is 42.5 Å². The molecule has 32 heavy (non-hydrogen) atoms. The quantitative estimate of drug-likeness (QED) is 0.520. The summed E-state index contributed by atoms with van der Waals surface area (Å²) in [4.78, 5) is 12.1. The molecule has 1 aliphatic heterocycles. The molecule has 1 amide bonds. The van der Waals surface area contributed by atoms with Crippen molar-refractivity contribution in [2.45, 2.75) is 31.8 Å². The smallest absolute Gasteiger partial charge is 0.272 e. The molecule has 1 fully saturated rings. The van der Waals surface area contributed by atoms with Gasteiger partial charge in [0.15, 0.2) is 6.61 Å². The van der Waals surface area contributed by atoms with E-state index in [1.54, 1.807) is 30.3 Å². The van der Waals surface area contributed by atoms with Gasteiger partial charge in [-0.1, -0.05) is 23.2 Å². The summed E-state index contributed by atoms with van der Waals surface area (Å²) in [7, 11) is 0. The highest BCUT2D eigenvalue weighted by atomic mass is 35.5. The predicted octanol–water partition coefficient (Wildman–Crippen LogP) is 4.47. The number of aliphatic hydroxyl groups is 1. The lowest BCUT2D eigenvalue weighted by atomic mass is 9.92. The van der Waals surface area contributed by atoms with Crippen LogP contribution in [0.5, 0.6) is 11.5 Å². The van der Waals surface area contributed by atoms with Gasteiger partial charge in [-0.15, -0.1) is 0 Å². The predicted molar refractivity (Wildman–Crippen MR) is 122 cm³/mol. The summed E-state index contributed by atoms with van der Waals surface area (Å²) in [5.74, 6) is 0.650. The Morgan fingerprint density at radius 2 is 1.81 bits per heavy atom. The Labute approximate surface area is 197 Å². The van der Waals surface area contributed by atoms with Crippen molar-refractivity contribution in [1.82, 2.24) is 10.4 Å². The number of hydrogen-bond donors (Lipinski definition) is 2. The number of rotatable bonds is 10. The van der Waals surface area contributed by atoms with E-state index in [0.717, 1.165) is 32.4 Å². The van der Waals surface area contributed by atoms with Crippen molar-refractivity contribution in [3.63, 3.8) is 0 Å². The highest BCUT2D eigenvalue weighted by Crippen LogP contribution is 2.23. The van der Waals surface area contributed by atoms with Gasteiger partial charge in [0.2, 0.25) is 0 Å². The average molecular weight is 485 g/mol. The maximum Gasteiger partial charge on any atom is 0.272 e. The minimum atomic E-state index is -0.628. The first-order valence-electron chi connectivity index (χ1n) is 10.6. The van der Waals surface area contributed by atoms with E-state index in [0.29, 0.717) is 28.9 Å². The van der Waals surface area contributed by atoms with E-state index in [1.165, 1.54) is 12.1 Å². The molecule has 1 saturated heterocycles. The Balaban J connectivity index is 1.28. The Morgan fingerprint density at radius 3 is 2.50 bits per heavy atom. The van der Waals surface area contributed by atoms with Crippen molar-refractivity contribution in [3.05, 3.63) is 58.3 Å². The third-order valence-corrected chi connectivity index (χ3v) is 5.88. The van der Waals surface area contributed by atoms with E-state index >= 15 is 0 Å². The van der Waals surface area contributed by atoms with Crippen LogP contribution in [0.4, 0.5) is 4.39 Å². The molecule has 0 bridgehead atoms. The number of nitrogens with one attached hydrogen (secondary N) is 1. The fraction of sp³-hybridized carbons (Fsp3) is 0.435. The molecule has 1 aliphatic rings. The molecule has 6 nitrogen and oxygen atoms in total. The topological polar surface area (TPSA) is 71.0 Å². The maximum atomic E-state index is 13.4. The molecule has 174 valence electrons. The molecule has 2 N–H and O–H groups in total. The third-order valence-electron chi connectivity index (χ3n) is 5.32. The minimum absolute atomic E-state index is 0.0366. The molecule has 0 radical (unpaired) electrons. The van der Waals surface area contributed by atoms with Gasteiger partial charge in [0, 0.05) is 24.2 Å². The van der Waals surface area contributed by atoms with Crippen molar-refractivity contribution in [2.75, 3.05) is 26.3 Å². The van der Waals surface area contributed by atoms with Crippen LogP contribution in [-0.2, 0) is 4.79 Å². The Bertz CT molecular complexity index is 877. The molecule has 2 aromatic rings. The van der Waals surface area contributed by atoms with Crippen molar-refractivity contribution in [1.29, 1.82) is 0 Å². The number of ether oxygens (including phenoxy) is 2. The number of halogens is 3. The van der Waals surface area contributed by atoms with Crippen LogP contribution < -0.4 is 14.9 Å². The lowest BCUT2D eigenvalue weighted by Gasteiger charge is -2.32. The summed E-state index contributed by atoms with van der Waals surface area (Å²) < 4.78 is 24.3. The van der Waals surface area contributed by atoms with Crippen LogP contribution in [0.25, 0.3) is 0 Å². The number of piperidine rings is 1. The van der Waals surface area contributed by atoms with Crippen molar-refractivity contribution < 1.29 is 23.8 Å². The zero-order chi connectivity index (χ0) is 22.9. The van der Waals surface area contributed by atoms with Gasteiger partial charge in [0.05, 0.1) is 11.1 Å². The van der Waals surface area contributed by atoms with Gasteiger partial charge >= 0.3 is 0 Å². The van der Waals surface area contributed by atoms with E-state index < -0.39 is 11.9 Å². The number of amides is 1. The summed E-state index contributed by atoms with van der Waals surface area (Å²) in [6.45, 7) is 1.52. The number of carbonyl (C=O) groups is 1. The van der Waals surface area contributed by atoms with Gasteiger partial charge in [-0.3, -0.25) is 10.2 Å². The normalized spacial score (nSPS) is 15.9. The number of aliphatic hydroxyl groups excluding tert-OH is 1. The molecule has 2 aromatic carbocycles. The molecular weight excluding hydrogens is 458 g/mol. The Kier molecular flexibility index (Phi) is 9.41. The lowest BCUT2D eigenvalue weighted by molar-refractivity contribution is -0.128. The van der Waals surface area contributed by atoms with Crippen LogP contribution in [0.1, 0.15) is 25.7 Å². The summed E-state index contributed by atoms with van der Waals surface area (Å²) in [6, 6.07) is 11.1. The monoisotopic (exact) mass is 484 g/mol. The first-order valence-corrected chi connectivity index (χ1v) is 11.3. The zero-order valence-corrected chi connectivity index (χ0v) is 19.1. The number of nitrogens with zero attached hydrogens (tertiary/aromatic N) is 1. The second-order valence-corrected chi connectivity index (χ2v) is 8.67. The van der Waals surface area contributed by atoms with Gasteiger partial charge in [0.1, 0.15) is 23.9 Å². The molecule has 9 heteroatoms. The molecule has 1 unspecified atom stereocenters. The first-order chi connectivity index (χ1) is 15.4. The summed E-state index contributed by atoms with van der Waals surface area (Å²) >= 11 is 11.5. The van der Waals surface area contributed by atoms with Crippen LogP contribution in [0.2, 0.25) is 10.0 Å². The molecule has 3 rings (SSSR count). The Hall–Kier alpha value is -2.06. The van der Waals surface area contributed by atoms with E-state index in [4.69, 9.17) is 32.7 Å². The largest absolute Gasteiger partial charge is 0.491 e. The van der Waals surface area contributed by atoms with Crippen LogP contribution >= 0.6 is 23.2 Å². The molecule has 0 spiro atoms. The van der Waals surface area contributed by atoms with Crippen molar-refractivity contribution in [3.8, 4) is 11.5 Å². The lowest BCUT2D eigenvalue weighted by Crippen LogP contribution is -2.48. The summed E-state index contributed by atoms with van der Waals surface area (Å²) in [6.07, 6.45) is 2.68. The molecule has 0 aromatic heterocycles. The van der Waals surface area contributed by atoms with E-state index in [1.807, 2.05) is 5.01 Å². The zero-order valence-electron chi connectivity index (χ0n) is 17.6. The van der Waals surface area contributed by atoms with Gasteiger partial charge < -0.3 is 14.6 Å². The van der Waals surface area contributed by atoms with Crippen LogP contribution in [0.3, 0.4) is 0 Å². The SMILES string of the molecule is O=C(COc1ccc(Cl)cc1)NN1CCC(CCC(O)COc2ccc(Cl)c(F)c2)CC1. The second-order valence-electron chi connectivity index (χ2n) is 7.83. The van der Waals surface area contributed by atoms with Crippen molar-refractivity contribution >= 4 is 29.1 Å².